The summed E-state index contributed by atoms with van der Waals surface area (Å²) in [6, 6.07) is 14.7. The Hall–Kier alpha value is -1.12. The summed E-state index contributed by atoms with van der Waals surface area (Å²) in [7, 11) is 0. The van der Waals surface area contributed by atoms with Crippen molar-refractivity contribution in [2.45, 2.75) is 25.9 Å². The minimum Gasteiger partial charge on any atom is -0.393 e. The van der Waals surface area contributed by atoms with E-state index >= 15 is 0 Å². The molecule has 0 saturated carbocycles. The fourth-order valence-electron chi connectivity index (χ4n) is 1.62. The van der Waals surface area contributed by atoms with Crippen LogP contribution in [0.2, 0.25) is 0 Å². The molecule has 0 bridgehead atoms. The Morgan fingerprint density at radius 2 is 1.88 bits per heavy atom. The Balaban J connectivity index is 2.08. The third-order valence-corrected chi connectivity index (χ3v) is 3.72. The lowest BCUT2D eigenvalue weighted by Crippen LogP contribution is -1.99. The summed E-state index contributed by atoms with van der Waals surface area (Å²) < 4.78 is 0. The zero-order valence-electron chi connectivity index (χ0n) is 9.39. The number of thiophene rings is 1. The molecule has 1 atom stereocenters. The van der Waals surface area contributed by atoms with E-state index in [2.05, 4.69) is 36.4 Å². The van der Waals surface area contributed by atoms with Crippen molar-refractivity contribution in [3.05, 3.63) is 47.3 Å². The summed E-state index contributed by atoms with van der Waals surface area (Å²) in [5.74, 6) is 0. The Bertz CT molecular complexity index is 431. The van der Waals surface area contributed by atoms with Gasteiger partial charge >= 0.3 is 0 Å². The SMILES string of the molecule is CC(O)CCc1ccc(-c2ccccc2)s1. The average molecular weight is 232 g/mol. The average Bonchev–Trinajstić information content (AvgIpc) is 2.76. The Morgan fingerprint density at radius 3 is 2.56 bits per heavy atom. The third-order valence-electron chi connectivity index (χ3n) is 2.53. The summed E-state index contributed by atoms with van der Waals surface area (Å²) >= 11 is 1.82. The van der Waals surface area contributed by atoms with Crippen LogP contribution < -0.4 is 0 Å². The largest absolute Gasteiger partial charge is 0.393 e. The summed E-state index contributed by atoms with van der Waals surface area (Å²) in [6.45, 7) is 1.84. The van der Waals surface area contributed by atoms with E-state index in [1.54, 1.807) is 0 Å². The van der Waals surface area contributed by atoms with Crippen molar-refractivity contribution < 1.29 is 5.11 Å². The van der Waals surface area contributed by atoms with Crippen molar-refractivity contribution in [3.63, 3.8) is 0 Å². The molecule has 0 amide bonds. The first-order valence-corrected chi connectivity index (χ1v) is 6.39. The lowest BCUT2D eigenvalue weighted by atomic mass is 10.2. The first-order chi connectivity index (χ1) is 7.75. The summed E-state index contributed by atoms with van der Waals surface area (Å²) in [4.78, 5) is 2.65. The molecule has 2 heteroatoms. The van der Waals surface area contributed by atoms with Crippen molar-refractivity contribution in [1.29, 1.82) is 0 Å². The Morgan fingerprint density at radius 1 is 1.12 bits per heavy atom. The van der Waals surface area contributed by atoms with Crippen molar-refractivity contribution in [2.24, 2.45) is 0 Å². The molecular weight excluding hydrogens is 216 g/mol. The van der Waals surface area contributed by atoms with Gasteiger partial charge in [-0.1, -0.05) is 30.3 Å². The molecule has 0 spiro atoms. The van der Waals surface area contributed by atoms with Crippen LogP contribution in [0.3, 0.4) is 0 Å². The monoisotopic (exact) mass is 232 g/mol. The molecule has 0 aliphatic carbocycles. The maximum absolute atomic E-state index is 9.24. The van der Waals surface area contributed by atoms with Gasteiger partial charge in [-0.2, -0.15) is 0 Å². The molecule has 0 saturated heterocycles. The van der Waals surface area contributed by atoms with Gasteiger partial charge in [-0.05, 0) is 37.5 Å². The lowest BCUT2D eigenvalue weighted by molar-refractivity contribution is 0.185. The van der Waals surface area contributed by atoms with E-state index in [1.807, 2.05) is 24.3 Å². The van der Waals surface area contributed by atoms with Crippen LogP contribution in [0.1, 0.15) is 18.2 Å². The maximum atomic E-state index is 9.24. The topological polar surface area (TPSA) is 20.2 Å². The van der Waals surface area contributed by atoms with Crippen LogP contribution in [0.4, 0.5) is 0 Å². The second-order valence-corrected chi connectivity index (χ2v) is 5.19. The van der Waals surface area contributed by atoms with Gasteiger partial charge in [0.2, 0.25) is 0 Å². The van der Waals surface area contributed by atoms with Crippen LogP contribution in [0.5, 0.6) is 0 Å². The molecule has 16 heavy (non-hydrogen) atoms. The van der Waals surface area contributed by atoms with E-state index < -0.39 is 0 Å². The second-order valence-electron chi connectivity index (χ2n) is 4.02. The molecule has 1 aromatic carbocycles. The number of benzene rings is 1. The minimum absolute atomic E-state index is 0.206. The van der Waals surface area contributed by atoms with Gasteiger partial charge < -0.3 is 5.11 Å². The molecule has 1 N–H and O–H groups in total. The molecule has 1 nitrogen and oxygen atoms in total. The van der Waals surface area contributed by atoms with Crippen LogP contribution in [-0.4, -0.2) is 11.2 Å². The zero-order valence-corrected chi connectivity index (χ0v) is 10.2. The lowest BCUT2D eigenvalue weighted by Gasteiger charge is -2.00. The molecular formula is C14H16OS. The predicted molar refractivity (Wildman–Crippen MR) is 69.8 cm³/mol. The zero-order chi connectivity index (χ0) is 11.4. The van der Waals surface area contributed by atoms with Crippen molar-refractivity contribution in [3.8, 4) is 10.4 Å². The van der Waals surface area contributed by atoms with Crippen LogP contribution in [0.25, 0.3) is 10.4 Å². The standard InChI is InChI=1S/C14H16OS/c1-11(15)7-8-13-9-10-14(16-13)12-5-3-2-4-6-12/h2-6,9-11,15H,7-8H2,1H3. The molecule has 1 heterocycles. The number of rotatable bonds is 4. The molecule has 1 aromatic heterocycles. The van der Waals surface area contributed by atoms with Gasteiger partial charge in [0.15, 0.2) is 0 Å². The molecule has 0 fully saturated rings. The molecule has 84 valence electrons. The van der Waals surface area contributed by atoms with E-state index in [0.29, 0.717) is 0 Å². The van der Waals surface area contributed by atoms with Gasteiger partial charge in [-0.3, -0.25) is 0 Å². The second kappa shape index (κ2) is 5.28. The highest BCUT2D eigenvalue weighted by atomic mass is 32.1. The fourth-order valence-corrected chi connectivity index (χ4v) is 2.65. The highest BCUT2D eigenvalue weighted by Crippen LogP contribution is 2.28. The molecule has 2 aromatic rings. The summed E-state index contributed by atoms with van der Waals surface area (Å²) in [5.41, 5.74) is 1.27. The van der Waals surface area contributed by atoms with Crippen molar-refractivity contribution in [1.82, 2.24) is 0 Å². The maximum Gasteiger partial charge on any atom is 0.0515 e. The first-order valence-electron chi connectivity index (χ1n) is 5.58. The quantitative estimate of drug-likeness (QED) is 0.851. The van der Waals surface area contributed by atoms with E-state index in [4.69, 9.17) is 0 Å². The highest BCUT2D eigenvalue weighted by Gasteiger charge is 2.03. The number of hydrogen-bond acceptors (Lipinski definition) is 2. The third kappa shape index (κ3) is 2.94. The van der Waals surface area contributed by atoms with Gasteiger partial charge in [0.1, 0.15) is 0 Å². The van der Waals surface area contributed by atoms with Gasteiger partial charge in [0.05, 0.1) is 6.10 Å². The van der Waals surface area contributed by atoms with Gasteiger partial charge in [-0.15, -0.1) is 11.3 Å². The summed E-state index contributed by atoms with van der Waals surface area (Å²) in [6.07, 6.45) is 1.60. The number of hydrogen-bond donors (Lipinski definition) is 1. The Kier molecular flexibility index (Phi) is 3.75. The van der Waals surface area contributed by atoms with Crippen molar-refractivity contribution in [2.75, 3.05) is 0 Å². The van der Waals surface area contributed by atoms with Crippen LogP contribution in [0.15, 0.2) is 42.5 Å². The van der Waals surface area contributed by atoms with E-state index in [-0.39, 0.29) is 6.10 Å². The molecule has 1 unspecified atom stereocenters. The number of aliphatic hydroxyl groups is 1. The van der Waals surface area contributed by atoms with Gasteiger partial charge in [0, 0.05) is 9.75 Å². The first kappa shape index (κ1) is 11.4. The molecule has 0 aliphatic rings. The van der Waals surface area contributed by atoms with Crippen LogP contribution in [-0.2, 0) is 6.42 Å². The number of aryl methyl sites for hydroxylation is 1. The van der Waals surface area contributed by atoms with E-state index in [1.165, 1.54) is 15.3 Å². The fraction of sp³-hybridized carbons (Fsp3) is 0.286. The van der Waals surface area contributed by atoms with E-state index in [0.717, 1.165) is 12.8 Å². The van der Waals surface area contributed by atoms with Crippen LogP contribution in [0, 0.1) is 0 Å². The molecule has 2 rings (SSSR count). The van der Waals surface area contributed by atoms with Gasteiger partial charge in [-0.25, -0.2) is 0 Å². The smallest absolute Gasteiger partial charge is 0.0515 e. The van der Waals surface area contributed by atoms with Crippen molar-refractivity contribution >= 4 is 11.3 Å². The van der Waals surface area contributed by atoms with Gasteiger partial charge in [0.25, 0.3) is 0 Å². The number of aliphatic hydroxyl groups excluding tert-OH is 1. The molecule has 0 aliphatic heterocycles. The summed E-state index contributed by atoms with van der Waals surface area (Å²) in [5, 5.41) is 9.24. The van der Waals surface area contributed by atoms with Crippen LogP contribution >= 0.6 is 11.3 Å². The minimum atomic E-state index is -0.206. The Labute approximate surface area is 100 Å². The highest BCUT2D eigenvalue weighted by molar-refractivity contribution is 7.15. The molecule has 0 radical (unpaired) electrons. The van der Waals surface area contributed by atoms with E-state index in [9.17, 15) is 5.11 Å². The normalized spacial score (nSPS) is 12.6. The predicted octanol–water partition coefficient (Wildman–Crippen LogP) is 3.73.